The van der Waals surface area contributed by atoms with Crippen LogP contribution >= 0.6 is 11.3 Å². The molecule has 0 saturated heterocycles. The van der Waals surface area contributed by atoms with Crippen molar-refractivity contribution < 1.29 is 19.0 Å². The van der Waals surface area contributed by atoms with E-state index in [0.29, 0.717) is 32.1 Å². The molecule has 1 aliphatic heterocycles. The monoisotopic (exact) mass is 579 g/mol. The van der Waals surface area contributed by atoms with Crippen LogP contribution in [0.2, 0.25) is 0 Å². The number of allylic oxidation sites excluding steroid dienone is 1. The van der Waals surface area contributed by atoms with Gasteiger partial charge in [-0.15, -0.1) is 0 Å². The van der Waals surface area contributed by atoms with Crippen molar-refractivity contribution in [3.8, 4) is 22.8 Å². The van der Waals surface area contributed by atoms with Gasteiger partial charge in [-0.2, -0.15) is 0 Å². The highest BCUT2D eigenvalue weighted by atomic mass is 32.1. The first kappa shape index (κ1) is 27.3. The van der Waals surface area contributed by atoms with Gasteiger partial charge in [0, 0.05) is 22.0 Å². The number of ether oxygens (including phenoxy) is 3. The van der Waals surface area contributed by atoms with Gasteiger partial charge in [0.1, 0.15) is 17.5 Å². The number of aromatic nitrogens is 2. The van der Waals surface area contributed by atoms with E-state index in [1.54, 1.807) is 50.8 Å². The molecule has 42 heavy (non-hydrogen) atoms. The second kappa shape index (κ2) is 11.2. The molecule has 0 spiro atoms. The summed E-state index contributed by atoms with van der Waals surface area (Å²) in [7, 11) is 3.12. The quantitative estimate of drug-likeness (QED) is 0.275. The number of benzene rings is 3. The molecule has 5 aromatic rings. The first-order valence-corrected chi connectivity index (χ1v) is 14.3. The van der Waals surface area contributed by atoms with Gasteiger partial charge in [0.2, 0.25) is 0 Å². The minimum atomic E-state index is -0.830. The highest BCUT2D eigenvalue weighted by Crippen LogP contribution is 2.38. The van der Waals surface area contributed by atoms with Crippen LogP contribution in [-0.4, -0.2) is 36.3 Å². The molecule has 3 heterocycles. The van der Waals surface area contributed by atoms with Crippen molar-refractivity contribution in [1.29, 1.82) is 0 Å². The lowest BCUT2D eigenvalue weighted by atomic mass is 9.94. The summed E-state index contributed by atoms with van der Waals surface area (Å²) in [6.07, 6.45) is 1.91. The fourth-order valence-electron chi connectivity index (χ4n) is 5.42. The smallest absolute Gasteiger partial charge is 0.338 e. The maximum atomic E-state index is 14.3. The fraction of sp³-hybridized carbons (Fsp3) is 0.182. The molecule has 0 aliphatic carbocycles. The molecule has 1 aliphatic rings. The number of para-hydroxylation sites is 1. The molecule has 9 heteroatoms. The van der Waals surface area contributed by atoms with Gasteiger partial charge < -0.3 is 19.2 Å². The Morgan fingerprint density at radius 1 is 1.05 bits per heavy atom. The zero-order valence-electron chi connectivity index (χ0n) is 23.6. The summed E-state index contributed by atoms with van der Waals surface area (Å²) in [4.78, 5) is 36.4. The molecule has 212 valence electrons. The van der Waals surface area contributed by atoms with Crippen molar-refractivity contribution in [2.75, 3.05) is 20.8 Å². The maximum absolute atomic E-state index is 14.3. The lowest BCUT2D eigenvalue weighted by Crippen LogP contribution is -2.40. The summed E-state index contributed by atoms with van der Waals surface area (Å²) >= 11 is 1.28. The second-order valence-corrected chi connectivity index (χ2v) is 10.7. The van der Waals surface area contributed by atoms with Crippen molar-refractivity contribution in [2.24, 2.45) is 4.99 Å². The van der Waals surface area contributed by atoms with E-state index in [4.69, 9.17) is 19.2 Å². The number of methoxy groups -OCH3 is 2. The molecule has 1 atom stereocenters. The van der Waals surface area contributed by atoms with Crippen LogP contribution in [0.3, 0.4) is 0 Å². The Morgan fingerprint density at radius 2 is 1.81 bits per heavy atom. The zero-order chi connectivity index (χ0) is 29.4. The third kappa shape index (κ3) is 4.61. The SMILES string of the molecule is CCOC(=O)C1=C(C)N=c2s/c(=C\c3c(-c4ccccc4)[nH]c4ccccc34)c(=O)n2[C@@H]1c1cc(OC)ccc1OC. The molecule has 0 amide bonds. The zero-order valence-corrected chi connectivity index (χ0v) is 24.5. The van der Waals surface area contributed by atoms with Crippen LogP contribution in [0.25, 0.3) is 28.2 Å². The number of carbonyl (C=O) groups excluding carboxylic acids is 1. The Morgan fingerprint density at radius 3 is 2.55 bits per heavy atom. The number of hydrogen-bond acceptors (Lipinski definition) is 7. The third-order valence-electron chi connectivity index (χ3n) is 7.33. The lowest BCUT2D eigenvalue weighted by molar-refractivity contribution is -0.139. The molecule has 8 nitrogen and oxygen atoms in total. The van der Waals surface area contributed by atoms with Crippen molar-refractivity contribution in [2.45, 2.75) is 19.9 Å². The number of fused-ring (bicyclic) bond motifs is 2. The van der Waals surface area contributed by atoms with Crippen molar-refractivity contribution in [3.05, 3.63) is 115 Å². The number of thiazole rings is 1. The minimum Gasteiger partial charge on any atom is -0.497 e. The topological polar surface area (TPSA) is 94.9 Å². The molecule has 0 saturated carbocycles. The van der Waals surface area contributed by atoms with Crippen LogP contribution in [0.1, 0.15) is 31.0 Å². The Labute approximate surface area is 245 Å². The highest BCUT2D eigenvalue weighted by Gasteiger charge is 2.35. The first-order valence-electron chi connectivity index (χ1n) is 13.5. The van der Waals surface area contributed by atoms with E-state index in [0.717, 1.165) is 27.7 Å². The minimum absolute atomic E-state index is 0.185. The van der Waals surface area contributed by atoms with E-state index in [1.807, 2.05) is 60.7 Å². The second-order valence-electron chi connectivity index (χ2n) is 9.74. The summed E-state index contributed by atoms with van der Waals surface area (Å²) < 4.78 is 18.7. The van der Waals surface area contributed by atoms with Gasteiger partial charge in [0.25, 0.3) is 5.56 Å². The Hall–Kier alpha value is -4.89. The third-order valence-corrected chi connectivity index (χ3v) is 8.32. The molecule has 6 rings (SSSR count). The van der Waals surface area contributed by atoms with Gasteiger partial charge in [-0.25, -0.2) is 9.79 Å². The highest BCUT2D eigenvalue weighted by molar-refractivity contribution is 7.07. The van der Waals surface area contributed by atoms with Gasteiger partial charge in [-0.05, 0) is 49.8 Å². The Kier molecular flexibility index (Phi) is 7.26. The number of carbonyl (C=O) groups is 1. The van der Waals surface area contributed by atoms with Crippen LogP contribution < -0.4 is 24.4 Å². The standard InChI is InChI=1S/C33H29N3O5S/c1-5-41-32(38)28-19(2)34-33-36(30(28)24-17-21(39-3)15-16-26(24)40-4)31(37)27(42-33)18-23-22-13-9-10-14-25(22)35-29(23)20-11-7-6-8-12-20/h6-18,30,35H,5H2,1-4H3/b27-18-/t30-/m1/s1. The van der Waals surface area contributed by atoms with Crippen molar-refractivity contribution in [3.63, 3.8) is 0 Å². The molecular formula is C33H29N3O5S. The molecule has 0 unspecified atom stereocenters. The Balaban J connectivity index is 1.64. The molecule has 1 N–H and O–H groups in total. The predicted molar refractivity (Wildman–Crippen MR) is 164 cm³/mol. The van der Waals surface area contributed by atoms with Crippen LogP contribution in [0, 0.1) is 0 Å². The van der Waals surface area contributed by atoms with Gasteiger partial charge in [0.05, 0.1) is 42.3 Å². The summed E-state index contributed by atoms with van der Waals surface area (Å²) in [6, 6.07) is 22.5. The van der Waals surface area contributed by atoms with E-state index in [9.17, 15) is 9.59 Å². The molecule has 0 radical (unpaired) electrons. The fourth-order valence-corrected chi connectivity index (χ4v) is 6.44. The normalized spacial score (nSPS) is 15.0. The van der Waals surface area contributed by atoms with E-state index >= 15 is 0 Å². The lowest BCUT2D eigenvalue weighted by Gasteiger charge is -2.26. The predicted octanol–water partition coefficient (Wildman–Crippen LogP) is 4.96. The number of nitrogens with zero attached hydrogens (tertiary/aromatic N) is 2. The average molecular weight is 580 g/mol. The molecular weight excluding hydrogens is 550 g/mol. The summed E-state index contributed by atoms with van der Waals surface area (Å²) in [5, 5.41) is 0.997. The molecule has 3 aromatic carbocycles. The number of nitrogens with one attached hydrogen (secondary N) is 1. The first-order chi connectivity index (χ1) is 20.4. The number of esters is 1. The maximum Gasteiger partial charge on any atom is 0.338 e. The molecule has 2 aromatic heterocycles. The van der Waals surface area contributed by atoms with Gasteiger partial charge >= 0.3 is 5.97 Å². The largest absolute Gasteiger partial charge is 0.497 e. The number of H-pyrrole nitrogens is 1. The molecule has 0 fully saturated rings. The number of aromatic amines is 1. The van der Waals surface area contributed by atoms with E-state index in [1.165, 1.54) is 11.3 Å². The van der Waals surface area contributed by atoms with Gasteiger partial charge in [-0.3, -0.25) is 9.36 Å². The van der Waals surface area contributed by atoms with Crippen LogP contribution in [-0.2, 0) is 9.53 Å². The van der Waals surface area contributed by atoms with Crippen molar-refractivity contribution >= 4 is 34.3 Å². The van der Waals surface area contributed by atoms with Crippen LogP contribution in [0.4, 0.5) is 0 Å². The van der Waals surface area contributed by atoms with E-state index < -0.39 is 12.0 Å². The van der Waals surface area contributed by atoms with E-state index in [-0.39, 0.29) is 17.7 Å². The van der Waals surface area contributed by atoms with Gasteiger partial charge in [-0.1, -0.05) is 59.9 Å². The van der Waals surface area contributed by atoms with E-state index in [2.05, 4.69) is 4.98 Å². The Bertz CT molecular complexity index is 2040. The average Bonchev–Trinajstić information content (AvgIpc) is 3.53. The summed E-state index contributed by atoms with van der Waals surface area (Å²) in [5.74, 6) is 0.540. The summed E-state index contributed by atoms with van der Waals surface area (Å²) in [6.45, 7) is 3.69. The number of rotatable bonds is 7. The van der Waals surface area contributed by atoms with Crippen LogP contribution in [0.5, 0.6) is 11.5 Å². The number of hydrogen-bond donors (Lipinski definition) is 1. The van der Waals surface area contributed by atoms with Gasteiger partial charge in [0.15, 0.2) is 4.80 Å². The van der Waals surface area contributed by atoms with Crippen LogP contribution in [0.15, 0.2) is 93.9 Å². The summed E-state index contributed by atoms with van der Waals surface area (Å²) in [5.41, 5.74) is 4.87. The van der Waals surface area contributed by atoms with Crippen molar-refractivity contribution in [1.82, 2.24) is 9.55 Å². The molecule has 0 bridgehead atoms.